The first kappa shape index (κ1) is 17.3. The maximum Gasteiger partial charge on any atom is 0.229 e. The number of carbonyl (C=O) groups is 1. The van der Waals surface area contributed by atoms with Gasteiger partial charge in [-0.2, -0.15) is 0 Å². The molecular formula is C14H19ClN4OS2. The molecule has 1 amide bonds. The van der Waals surface area contributed by atoms with Crippen LogP contribution in [0.1, 0.15) is 30.0 Å². The van der Waals surface area contributed by atoms with E-state index in [0.717, 1.165) is 40.5 Å². The van der Waals surface area contributed by atoms with Gasteiger partial charge in [-0.15, -0.1) is 35.1 Å². The molecule has 0 spiro atoms. The first-order chi connectivity index (χ1) is 10.0. The van der Waals surface area contributed by atoms with Crippen LogP contribution in [0.2, 0.25) is 0 Å². The van der Waals surface area contributed by atoms with Crippen LogP contribution in [0.15, 0.2) is 5.38 Å². The lowest BCUT2D eigenvalue weighted by Crippen LogP contribution is -2.23. The van der Waals surface area contributed by atoms with Gasteiger partial charge in [0.05, 0.1) is 21.3 Å². The Hall–Kier alpha value is -1.02. The zero-order valence-corrected chi connectivity index (χ0v) is 14.9. The molecule has 1 fully saturated rings. The Labute approximate surface area is 143 Å². The second-order valence-electron chi connectivity index (χ2n) is 5.44. The van der Waals surface area contributed by atoms with Gasteiger partial charge in [-0.25, -0.2) is 9.97 Å². The number of nitrogens with one attached hydrogen (secondary N) is 1. The molecule has 3 N–H and O–H groups in total. The maximum atomic E-state index is 12.2. The summed E-state index contributed by atoms with van der Waals surface area (Å²) in [5, 5.41) is 6.57. The van der Waals surface area contributed by atoms with E-state index in [1.807, 2.05) is 19.2 Å². The zero-order chi connectivity index (χ0) is 15.0. The standard InChI is InChI=1S/C14H18N4OS2.ClH/c1-7-12(21-8(2)16-7)11-6-20-14(17-11)18-13(19)9-3-4-10(15)5-9;/h6,9-10H,3-5,15H2,1-2H3,(H,17,18,19);1H. The van der Waals surface area contributed by atoms with Crippen LogP contribution >= 0.6 is 35.1 Å². The summed E-state index contributed by atoms with van der Waals surface area (Å²) >= 11 is 3.08. The summed E-state index contributed by atoms with van der Waals surface area (Å²) in [7, 11) is 0. The van der Waals surface area contributed by atoms with E-state index >= 15 is 0 Å². The highest BCUT2D eigenvalue weighted by Crippen LogP contribution is 2.32. The smallest absolute Gasteiger partial charge is 0.229 e. The van der Waals surface area contributed by atoms with Crippen LogP contribution in [0.5, 0.6) is 0 Å². The Morgan fingerprint density at radius 3 is 2.73 bits per heavy atom. The molecular weight excluding hydrogens is 340 g/mol. The number of rotatable bonds is 3. The Kier molecular flexibility index (Phi) is 5.55. The van der Waals surface area contributed by atoms with Crippen LogP contribution in [-0.2, 0) is 4.79 Å². The minimum Gasteiger partial charge on any atom is -0.328 e. The topological polar surface area (TPSA) is 80.9 Å². The fraction of sp³-hybridized carbons (Fsp3) is 0.500. The molecule has 0 saturated heterocycles. The summed E-state index contributed by atoms with van der Waals surface area (Å²) in [6.45, 7) is 3.97. The highest BCUT2D eigenvalue weighted by atomic mass is 35.5. The molecule has 0 aliphatic heterocycles. The van der Waals surface area contributed by atoms with Gasteiger partial charge < -0.3 is 11.1 Å². The van der Waals surface area contributed by atoms with Gasteiger partial charge in [0.15, 0.2) is 5.13 Å². The van der Waals surface area contributed by atoms with E-state index in [1.165, 1.54) is 11.3 Å². The van der Waals surface area contributed by atoms with Gasteiger partial charge in [0.1, 0.15) is 0 Å². The molecule has 2 unspecified atom stereocenters. The lowest BCUT2D eigenvalue weighted by atomic mass is 10.1. The third-order valence-electron chi connectivity index (χ3n) is 3.71. The Balaban J connectivity index is 0.00000176. The summed E-state index contributed by atoms with van der Waals surface area (Å²) < 4.78 is 0. The molecule has 2 heterocycles. The number of nitrogens with zero attached hydrogens (tertiary/aromatic N) is 2. The summed E-state index contributed by atoms with van der Waals surface area (Å²) in [5.41, 5.74) is 7.74. The number of nitrogens with two attached hydrogens (primary N) is 1. The van der Waals surface area contributed by atoms with Crippen LogP contribution in [0.25, 0.3) is 10.6 Å². The van der Waals surface area contributed by atoms with Crippen molar-refractivity contribution in [3.8, 4) is 10.6 Å². The van der Waals surface area contributed by atoms with E-state index in [2.05, 4.69) is 15.3 Å². The summed E-state index contributed by atoms with van der Waals surface area (Å²) in [6.07, 6.45) is 2.58. The summed E-state index contributed by atoms with van der Waals surface area (Å²) in [6, 6.07) is 0.162. The molecule has 2 aromatic rings. The van der Waals surface area contributed by atoms with Gasteiger partial charge in [-0.05, 0) is 33.1 Å². The van der Waals surface area contributed by atoms with Crippen LogP contribution < -0.4 is 11.1 Å². The second kappa shape index (κ2) is 7.04. The molecule has 2 atom stereocenters. The van der Waals surface area contributed by atoms with Gasteiger partial charge >= 0.3 is 0 Å². The third-order valence-corrected chi connectivity index (χ3v) is 5.57. The number of aromatic nitrogens is 2. The van der Waals surface area contributed by atoms with Crippen molar-refractivity contribution >= 4 is 46.1 Å². The molecule has 1 aliphatic carbocycles. The largest absolute Gasteiger partial charge is 0.328 e. The lowest BCUT2D eigenvalue weighted by molar-refractivity contribution is -0.119. The van der Waals surface area contributed by atoms with Crippen molar-refractivity contribution in [2.75, 3.05) is 5.32 Å². The lowest BCUT2D eigenvalue weighted by Gasteiger charge is -2.08. The number of thiazole rings is 2. The second-order valence-corrected chi connectivity index (χ2v) is 7.51. The van der Waals surface area contributed by atoms with Crippen molar-refractivity contribution in [1.82, 2.24) is 9.97 Å². The molecule has 0 bridgehead atoms. The Bertz CT molecular complexity index is 670. The van der Waals surface area contributed by atoms with E-state index in [4.69, 9.17) is 5.73 Å². The minimum absolute atomic E-state index is 0. The fourth-order valence-electron chi connectivity index (χ4n) is 2.67. The quantitative estimate of drug-likeness (QED) is 0.881. The number of hydrogen-bond acceptors (Lipinski definition) is 6. The minimum atomic E-state index is 0. The predicted octanol–water partition coefficient (Wildman–Crippen LogP) is 3.37. The van der Waals surface area contributed by atoms with E-state index in [9.17, 15) is 4.79 Å². The predicted molar refractivity (Wildman–Crippen MR) is 93.9 cm³/mol. The van der Waals surface area contributed by atoms with Crippen LogP contribution in [0.3, 0.4) is 0 Å². The van der Waals surface area contributed by atoms with E-state index in [0.29, 0.717) is 5.13 Å². The highest BCUT2D eigenvalue weighted by Gasteiger charge is 2.28. The zero-order valence-electron chi connectivity index (χ0n) is 12.5. The van der Waals surface area contributed by atoms with Crippen molar-refractivity contribution in [1.29, 1.82) is 0 Å². The van der Waals surface area contributed by atoms with Crippen LogP contribution in [0.4, 0.5) is 5.13 Å². The molecule has 5 nitrogen and oxygen atoms in total. The normalized spacial score (nSPS) is 20.7. The van der Waals surface area contributed by atoms with Crippen LogP contribution in [-0.4, -0.2) is 21.9 Å². The van der Waals surface area contributed by atoms with E-state index in [-0.39, 0.29) is 30.3 Å². The van der Waals surface area contributed by atoms with Crippen molar-refractivity contribution in [2.45, 2.75) is 39.2 Å². The summed E-state index contributed by atoms with van der Waals surface area (Å²) in [5.74, 6) is 0.0702. The van der Waals surface area contributed by atoms with E-state index < -0.39 is 0 Å². The van der Waals surface area contributed by atoms with Crippen molar-refractivity contribution < 1.29 is 4.79 Å². The van der Waals surface area contributed by atoms with E-state index in [1.54, 1.807) is 11.3 Å². The fourth-order valence-corrected chi connectivity index (χ4v) is 4.33. The Morgan fingerprint density at radius 1 is 1.36 bits per heavy atom. The molecule has 2 aromatic heterocycles. The molecule has 22 heavy (non-hydrogen) atoms. The van der Waals surface area contributed by atoms with Gasteiger partial charge in [0.2, 0.25) is 5.91 Å². The van der Waals surface area contributed by atoms with Gasteiger partial charge in [-0.1, -0.05) is 0 Å². The third kappa shape index (κ3) is 3.65. The first-order valence-corrected chi connectivity index (χ1v) is 8.69. The van der Waals surface area contributed by atoms with Gasteiger partial charge in [-0.3, -0.25) is 4.79 Å². The Morgan fingerprint density at radius 2 is 2.14 bits per heavy atom. The average molecular weight is 359 g/mol. The molecule has 0 aromatic carbocycles. The number of aryl methyl sites for hydroxylation is 2. The molecule has 1 saturated carbocycles. The SMILES string of the molecule is Cc1nc(C)c(-c2csc(NC(=O)C3CCC(N)C3)n2)s1.Cl. The number of carbonyl (C=O) groups excluding carboxylic acids is 1. The monoisotopic (exact) mass is 358 g/mol. The van der Waals surface area contributed by atoms with Crippen molar-refractivity contribution in [2.24, 2.45) is 11.7 Å². The molecule has 3 rings (SSSR count). The number of halogens is 1. The first-order valence-electron chi connectivity index (χ1n) is 6.99. The van der Waals surface area contributed by atoms with Gasteiger partial charge in [0.25, 0.3) is 0 Å². The number of hydrogen-bond donors (Lipinski definition) is 2. The average Bonchev–Trinajstić information content (AvgIpc) is 3.10. The summed E-state index contributed by atoms with van der Waals surface area (Å²) in [4.78, 5) is 22.2. The van der Waals surface area contributed by atoms with Crippen molar-refractivity contribution in [3.63, 3.8) is 0 Å². The van der Waals surface area contributed by atoms with Crippen LogP contribution in [0, 0.1) is 19.8 Å². The molecule has 0 radical (unpaired) electrons. The maximum absolute atomic E-state index is 12.2. The molecule has 120 valence electrons. The number of anilines is 1. The molecule has 1 aliphatic rings. The highest BCUT2D eigenvalue weighted by molar-refractivity contribution is 7.16. The van der Waals surface area contributed by atoms with Crippen molar-refractivity contribution in [3.05, 3.63) is 16.1 Å². The van der Waals surface area contributed by atoms with Gasteiger partial charge in [0, 0.05) is 17.3 Å². The molecule has 8 heteroatoms. The number of amides is 1.